The number of sulfonamides is 1. The Morgan fingerprint density at radius 3 is 2.67 bits per heavy atom. The molecule has 3 rings (SSSR count). The van der Waals surface area contributed by atoms with Crippen LogP contribution in [0.2, 0.25) is 0 Å². The third kappa shape index (κ3) is 3.53. The molecule has 9 heteroatoms. The first-order chi connectivity index (χ1) is 11.5. The monoisotopic (exact) mass is 369 g/mol. The summed E-state index contributed by atoms with van der Waals surface area (Å²) in [6, 6.07) is 7.61. The van der Waals surface area contributed by atoms with Gasteiger partial charge in [-0.2, -0.15) is 5.10 Å². The SMILES string of the molecule is O=S(=O)(NCC(c1cccs1)n1cccn1)c1ccc(F)c(F)c1. The number of halogens is 2. The molecular formula is C15H13F2N3O2S2. The highest BCUT2D eigenvalue weighted by molar-refractivity contribution is 7.89. The van der Waals surface area contributed by atoms with Gasteiger partial charge >= 0.3 is 0 Å². The van der Waals surface area contributed by atoms with E-state index in [0.29, 0.717) is 6.07 Å². The highest BCUT2D eigenvalue weighted by Crippen LogP contribution is 2.23. The molecule has 0 spiro atoms. The topological polar surface area (TPSA) is 64.0 Å². The molecule has 1 unspecified atom stereocenters. The van der Waals surface area contributed by atoms with E-state index in [0.717, 1.165) is 17.0 Å². The van der Waals surface area contributed by atoms with Gasteiger partial charge in [0.15, 0.2) is 11.6 Å². The van der Waals surface area contributed by atoms with Crippen molar-refractivity contribution in [3.05, 3.63) is 70.7 Å². The number of aromatic nitrogens is 2. The van der Waals surface area contributed by atoms with Crippen molar-refractivity contribution >= 4 is 21.4 Å². The normalized spacial score (nSPS) is 13.1. The van der Waals surface area contributed by atoms with E-state index >= 15 is 0 Å². The first-order valence-electron chi connectivity index (χ1n) is 6.94. The Labute approximate surface area is 141 Å². The molecule has 3 aromatic rings. The Morgan fingerprint density at radius 1 is 1.21 bits per heavy atom. The van der Waals surface area contributed by atoms with Gasteiger partial charge in [0.1, 0.15) is 0 Å². The zero-order chi connectivity index (χ0) is 17.2. The van der Waals surface area contributed by atoms with E-state index in [1.54, 1.807) is 23.1 Å². The first-order valence-corrected chi connectivity index (χ1v) is 9.31. The van der Waals surface area contributed by atoms with Crippen molar-refractivity contribution < 1.29 is 17.2 Å². The van der Waals surface area contributed by atoms with Crippen LogP contribution in [-0.4, -0.2) is 24.7 Å². The van der Waals surface area contributed by atoms with Crippen molar-refractivity contribution in [2.75, 3.05) is 6.54 Å². The van der Waals surface area contributed by atoms with Crippen molar-refractivity contribution in [2.24, 2.45) is 0 Å². The van der Waals surface area contributed by atoms with Gasteiger partial charge in [-0.05, 0) is 35.7 Å². The Morgan fingerprint density at radius 2 is 2.04 bits per heavy atom. The lowest BCUT2D eigenvalue weighted by Gasteiger charge is -2.17. The molecule has 0 saturated carbocycles. The van der Waals surface area contributed by atoms with Gasteiger partial charge in [-0.25, -0.2) is 21.9 Å². The fourth-order valence-corrected chi connectivity index (χ4v) is 4.06. The minimum Gasteiger partial charge on any atom is -0.263 e. The molecule has 1 N–H and O–H groups in total. The van der Waals surface area contributed by atoms with Gasteiger partial charge in [-0.1, -0.05) is 6.07 Å². The van der Waals surface area contributed by atoms with E-state index in [1.165, 1.54) is 11.3 Å². The predicted molar refractivity (Wildman–Crippen MR) is 86.2 cm³/mol. The maximum atomic E-state index is 13.3. The molecule has 1 atom stereocenters. The van der Waals surface area contributed by atoms with E-state index < -0.39 is 21.7 Å². The summed E-state index contributed by atoms with van der Waals surface area (Å²) in [7, 11) is -3.97. The summed E-state index contributed by atoms with van der Waals surface area (Å²) in [5.41, 5.74) is 0. The third-order valence-electron chi connectivity index (χ3n) is 3.38. The predicted octanol–water partition coefficient (Wildman–Crippen LogP) is 2.79. The van der Waals surface area contributed by atoms with Crippen LogP contribution >= 0.6 is 11.3 Å². The van der Waals surface area contributed by atoms with Crippen LogP contribution in [0.25, 0.3) is 0 Å². The highest BCUT2D eigenvalue weighted by atomic mass is 32.2. The highest BCUT2D eigenvalue weighted by Gasteiger charge is 2.21. The fraction of sp³-hybridized carbons (Fsp3) is 0.133. The Hall–Kier alpha value is -2.10. The quantitative estimate of drug-likeness (QED) is 0.727. The third-order valence-corrected chi connectivity index (χ3v) is 5.78. The van der Waals surface area contributed by atoms with Crippen LogP contribution in [0.15, 0.2) is 59.1 Å². The molecule has 2 heterocycles. The molecule has 1 aromatic carbocycles. The number of nitrogens with zero attached hydrogens (tertiary/aromatic N) is 2. The van der Waals surface area contributed by atoms with Gasteiger partial charge in [0, 0.05) is 23.8 Å². The number of benzene rings is 1. The fourth-order valence-electron chi connectivity index (χ4n) is 2.19. The summed E-state index contributed by atoms with van der Waals surface area (Å²) in [6.45, 7) is 0.0313. The number of rotatable bonds is 6. The average molecular weight is 369 g/mol. The van der Waals surface area contributed by atoms with Gasteiger partial charge < -0.3 is 0 Å². The lowest BCUT2D eigenvalue weighted by Crippen LogP contribution is -2.31. The summed E-state index contributed by atoms with van der Waals surface area (Å²) in [4.78, 5) is 0.596. The average Bonchev–Trinajstić information content (AvgIpc) is 3.24. The Balaban J connectivity index is 1.82. The maximum absolute atomic E-state index is 13.3. The van der Waals surface area contributed by atoms with Gasteiger partial charge in [-0.3, -0.25) is 4.68 Å². The Bertz CT molecular complexity index is 876. The number of thiophene rings is 1. The standard InChI is InChI=1S/C15H13F2N3O2S2/c16-12-5-4-11(9-13(12)17)24(21,22)19-10-14(15-3-1-8-23-15)20-7-2-6-18-20/h1-9,14,19H,10H2. The van der Waals surface area contributed by atoms with Crippen molar-refractivity contribution in [1.82, 2.24) is 14.5 Å². The number of nitrogens with one attached hydrogen (secondary N) is 1. The van der Waals surface area contributed by atoms with E-state index in [-0.39, 0.29) is 17.5 Å². The number of hydrogen-bond donors (Lipinski definition) is 1. The van der Waals surface area contributed by atoms with Gasteiger partial charge in [0.25, 0.3) is 0 Å². The molecule has 0 aliphatic rings. The molecule has 0 bridgehead atoms. The minimum atomic E-state index is -3.97. The zero-order valence-corrected chi connectivity index (χ0v) is 13.9. The molecule has 0 fully saturated rings. The van der Waals surface area contributed by atoms with Crippen molar-refractivity contribution in [2.45, 2.75) is 10.9 Å². The van der Waals surface area contributed by atoms with Crippen LogP contribution in [-0.2, 0) is 10.0 Å². The van der Waals surface area contributed by atoms with Gasteiger partial charge in [0.05, 0.1) is 10.9 Å². The molecule has 24 heavy (non-hydrogen) atoms. The van der Waals surface area contributed by atoms with Crippen molar-refractivity contribution in [1.29, 1.82) is 0 Å². The van der Waals surface area contributed by atoms with Crippen LogP contribution in [0.4, 0.5) is 8.78 Å². The second-order valence-corrected chi connectivity index (χ2v) is 7.69. The molecule has 0 amide bonds. The van der Waals surface area contributed by atoms with E-state index in [2.05, 4.69) is 9.82 Å². The zero-order valence-electron chi connectivity index (χ0n) is 12.3. The summed E-state index contributed by atoms with van der Waals surface area (Å²) in [5.74, 6) is -2.30. The lowest BCUT2D eigenvalue weighted by atomic mass is 10.2. The molecule has 0 aliphatic heterocycles. The maximum Gasteiger partial charge on any atom is 0.240 e. The summed E-state index contributed by atoms with van der Waals surface area (Å²) < 4.78 is 54.9. The molecule has 0 saturated heterocycles. The molecule has 5 nitrogen and oxygen atoms in total. The van der Waals surface area contributed by atoms with Crippen LogP contribution < -0.4 is 4.72 Å². The largest absolute Gasteiger partial charge is 0.263 e. The minimum absolute atomic E-state index is 0.0313. The molecule has 2 aromatic heterocycles. The van der Waals surface area contributed by atoms with Crippen molar-refractivity contribution in [3.63, 3.8) is 0 Å². The van der Waals surface area contributed by atoms with E-state index in [9.17, 15) is 17.2 Å². The van der Waals surface area contributed by atoms with E-state index in [4.69, 9.17) is 0 Å². The Kier molecular flexibility index (Phi) is 4.74. The molecular weight excluding hydrogens is 356 g/mol. The first kappa shape index (κ1) is 16.7. The van der Waals surface area contributed by atoms with Crippen LogP contribution in [0, 0.1) is 11.6 Å². The second-order valence-electron chi connectivity index (χ2n) is 4.95. The molecule has 126 valence electrons. The second kappa shape index (κ2) is 6.80. The van der Waals surface area contributed by atoms with Gasteiger partial charge in [0.2, 0.25) is 10.0 Å². The van der Waals surface area contributed by atoms with Crippen LogP contribution in [0.3, 0.4) is 0 Å². The van der Waals surface area contributed by atoms with Crippen LogP contribution in [0.5, 0.6) is 0 Å². The van der Waals surface area contributed by atoms with Crippen molar-refractivity contribution in [3.8, 4) is 0 Å². The van der Waals surface area contributed by atoms with Gasteiger partial charge in [-0.15, -0.1) is 11.3 Å². The smallest absolute Gasteiger partial charge is 0.240 e. The summed E-state index contributed by atoms with van der Waals surface area (Å²) >= 11 is 1.47. The summed E-state index contributed by atoms with van der Waals surface area (Å²) in [6.07, 6.45) is 3.33. The number of hydrogen-bond acceptors (Lipinski definition) is 4. The van der Waals surface area contributed by atoms with E-state index in [1.807, 2.05) is 17.5 Å². The van der Waals surface area contributed by atoms with Crippen LogP contribution in [0.1, 0.15) is 10.9 Å². The molecule has 0 radical (unpaired) electrons. The molecule has 0 aliphatic carbocycles. The summed E-state index contributed by atoms with van der Waals surface area (Å²) in [5, 5.41) is 6.04. The lowest BCUT2D eigenvalue weighted by molar-refractivity contribution is 0.500.